The van der Waals surface area contributed by atoms with Crippen molar-refractivity contribution in [2.24, 2.45) is 17.6 Å². The van der Waals surface area contributed by atoms with E-state index in [4.69, 9.17) is 5.73 Å². The summed E-state index contributed by atoms with van der Waals surface area (Å²) in [7, 11) is -0.875. The van der Waals surface area contributed by atoms with Crippen LogP contribution in [0.4, 0.5) is 0 Å². The highest BCUT2D eigenvalue weighted by Gasteiger charge is 2.24. The third kappa shape index (κ3) is 7.48. The number of nitrogens with two attached hydrogens (primary N) is 1. The molecule has 0 aromatic heterocycles. The number of hydrogen-bond donors (Lipinski definition) is 1. The Morgan fingerprint density at radius 2 is 1.38 bits per heavy atom. The second-order valence-corrected chi connectivity index (χ2v) is 8.54. The van der Waals surface area contributed by atoms with E-state index in [2.05, 4.69) is 20.8 Å². The summed E-state index contributed by atoms with van der Waals surface area (Å²) in [4.78, 5) is 0.948. The number of rotatable bonds is 13. The minimum atomic E-state index is -0.875. The van der Waals surface area contributed by atoms with Crippen LogP contribution in [0, 0.1) is 11.8 Å². The molecule has 0 saturated heterocycles. The maximum atomic E-state index is 12.4. The van der Waals surface area contributed by atoms with Crippen LogP contribution < -0.4 is 5.73 Å². The van der Waals surface area contributed by atoms with E-state index in [1.165, 1.54) is 38.5 Å². The van der Waals surface area contributed by atoms with Crippen molar-refractivity contribution in [3.05, 3.63) is 30.3 Å². The average molecular weight is 352 g/mol. The van der Waals surface area contributed by atoms with Gasteiger partial charge in [-0.3, -0.25) is 4.21 Å². The van der Waals surface area contributed by atoms with Gasteiger partial charge in [0.1, 0.15) is 0 Å². The summed E-state index contributed by atoms with van der Waals surface area (Å²) in [5, 5.41) is 0. The zero-order chi connectivity index (χ0) is 17.8. The molecule has 0 spiro atoms. The molecule has 2 nitrogen and oxygen atoms in total. The molecular formula is C21H37NOS. The molecule has 24 heavy (non-hydrogen) atoms. The third-order valence-electron chi connectivity index (χ3n) is 4.98. The Balaban J connectivity index is 2.53. The van der Waals surface area contributed by atoms with Crippen molar-refractivity contribution >= 4 is 10.8 Å². The van der Waals surface area contributed by atoms with E-state index in [1.807, 2.05) is 30.3 Å². The maximum Gasteiger partial charge on any atom is 0.0529 e. The normalized spacial score (nSPS) is 15.4. The van der Waals surface area contributed by atoms with E-state index in [1.54, 1.807) is 0 Å². The van der Waals surface area contributed by atoms with Gasteiger partial charge in [0.15, 0.2) is 0 Å². The summed E-state index contributed by atoms with van der Waals surface area (Å²) in [6.45, 7) is 6.76. The standard InChI is InChI=1S/C21H37NOS/c1-4-11-18(12-5-2)21(22)19(13-6-3)14-10-17-24(23)20-15-8-7-9-16-20/h7-9,15-16,18-19,21H,4-6,10-14,17,22H2,1-3H3. The van der Waals surface area contributed by atoms with Gasteiger partial charge in [0, 0.05) is 16.7 Å². The molecule has 3 unspecified atom stereocenters. The lowest BCUT2D eigenvalue weighted by Gasteiger charge is -2.31. The Morgan fingerprint density at radius 3 is 1.88 bits per heavy atom. The smallest absolute Gasteiger partial charge is 0.0529 e. The van der Waals surface area contributed by atoms with Gasteiger partial charge < -0.3 is 5.73 Å². The van der Waals surface area contributed by atoms with Crippen LogP contribution in [0.1, 0.15) is 72.1 Å². The van der Waals surface area contributed by atoms with E-state index in [-0.39, 0.29) is 0 Å². The molecule has 1 aromatic carbocycles. The van der Waals surface area contributed by atoms with Gasteiger partial charge in [-0.05, 0) is 56.1 Å². The largest absolute Gasteiger partial charge is 0.327 e. The highest BCUT2D eigenvalue weighted by molar-refractivity contribution is 7.85. The minimum absolute atomic E-state index is 0.301. The van der Waals surface area contributed by atoms with E-state index in [0.29, 0.717) is 17.9 Å². The quantitative estimate of drug-likeness (QED) is 0.507. The Labute approximate surface area is 152 Å². The number of benzene rings is 1. The summed E-state index contributed by atoms with van der Waals surface area (Å²) in [5.74, 6) is 1.98. The van der Waals surface area contributed by atoms with E-state index in [9.17, 15) is 4.21 Å². The first-order valence-corrected chi connectivity index (χ1v) is 11.1. The highest BCUT2D eigenvalue weighted by Crippen LogP contribution is 2.27. The molecule has 1 aromatic rings. The fourth-order valence-corrected chi connectivity index (χ4v) is 4.85. The van der Waals surface area contributed by atoms with Gasteiger partial charge in [-0.2, -0.15) is 0 Å². The molecule has 0 amide bonds. The molecule has 0 fully saturated rings. The van der Waals surface area contributed by atoms with Crippen LogP contribution in [0.5, 0.6) is 0 Å². The molecule has 0 aliphatic carbocycles. The second kappa shape index (κ2) is 12.7. The topological polar surface area (TPSA) is 43.1 Å². The fourth-order valence-electron chi connectivity index (χ4n) is 3.72. The maximum absolute atomic E-state index is 12.4. The van der Waals surface area contributed by atoms with Crippen molar-refractivity contribution in [2.75, 3.05) is 5.75 Å². The summed E-state index contributed by atoms with van der Waals surface area (Å²) in [5.41, 5.74) is 6.67. The molecule has 2 N–H and O–H groups in total. The molecule has 0 bridgehead atoms. The lowest BCUT2D eigenvalue weighted by atomic mass is 9.79. The molecule has 0 aliphatic rings. The lowest BCUT2D eigenvalue weighted by molar-refractivity contribution is 0.251. The number of hydrogen-bond acceptors (Lipinski definition) is 2. The van der Waals surface area contributed by atoms with Crippen LogP contribution in [0.15, 0.2) is 35.2 Å². The van der Waals surface area contributed by atoms with Crippen LogP contribution in [-0.4, -0.2) is 16.0 Å². The van der Waals surface area contributed by atoms with Gasteiger partial charge in [0.25, 0.3) is 0 Å². The monoisotopic (exact) mass is 351 g/mol. The molecule has 1 rings (SSSR count). The van der Waals surface area contributed by atoms with Gasteiger partial charge >= 0.3 is 0 Å². The Morgan fingerprint density at radius 1 is 0.875 bits per heavy atom. The van der Waals surface area contributed by atoms with Crippen molar-refractivity contribution in [1.29, 1.82) is 0 Å². The van der Waals surface area contributed by atoms with Crippen molar-refractivity contribution in [2.45, 2.75) is 83.1 Å². The van der Waals surface area contributed by atoms with Crippen molar-refractivity contribution < 1.29 is 4.21 Å². The molecule has 3 heteroatoms. The summed E-state index contributed by atoms with van der Waals surface area (Å²) >= 11 is 0. The van der Waals surface area contributed by atoms with Crippen molar-refractivity contribution in [1.82, 2.24) is 0 Å². The highest BCUT2D eigenvalue weighted by atomic mass is 32.2. The molecule has 138 valence electrons. The minimum Gasteiger partial charge on any atom is -0.327 e. The first-order valence-electron chi connectivity index (χ1n) is 9.82. The lowest BCUT2D eigenvalue weighted by Crippen LogP contribution is -2.38. The van der Waals surface area contributed by atoms with E-state index >= 15 is 0 Å². The molecule has 0 radical (unpaired) electrons. The first-order chi connectivity index (χ1) is 11.6. The molecule has 0 aliphatic heterocycles. The molecule has 0 heterocycles. The summed E-state index contributed by atoms with van der Waals surface area (Å²) in [6, 6.07) is 10.1. The van der Waals surface area contributed by atoms with Crippen LogP contribution in [0.2, 0.25) is 0 Å². The van der Waals surface area contributed by atoms with Crippen LogP contribution in [0.25, 0.3) is 0 Å². The first kappa shape index (κ1) is 21.4. The zero-order valence-electron chi connectivity index (χ0n) is 15.9. The summed E-state index contributed by atoms with van der Waals surface area (Å²) in [6.07, 6.45) is 9.41. The van der Waals surface area contributed by atoms with Gasteiger partial charge in [-0.15, -0.1) is 0 Å². The molecular weight excluding hydrogens is 314 g/mol. The summed E-state index contributed by atoms with van der Waals surface area (Å²) < 4.78 is 12.4. The molecule has 3 atom stereocenters. The fraction of sp³-hybridized carbons (Fsp3) is 0.714. The Bertz CT molecular complexity index is 442. The SMILES string of the molecule is CCCC(CCC)C(N)C(CCC)CCCS(=O)c1ccccc1. The second-order valence-electron chi connectivity index (χ2n) is 6.97. The van der Waals surface area contributed by atoms with Gasteiger partial charge in [-0.25, -0.2) is 0 Å². The van der Waals surface area contributed by atoms with Gasteiger partial charge in [-0.1, -0.05) is 58.2 Å². The third-order valence-corrected chi connectivity index (χ3v) is 6.44. The van der Waals surface area contributed by atoms with Crippen LogP contribution >= 0.6 is 0 Å². The zero-order valence-corrected chi connectivity index (χ0v) is 16.7. The van der Waals surface area contributed by atoms with Crippen molar-refractivity contribution in [3.63, 3.8) is 0 Å². The Hall–Kier alpha value is -0.670. The van der Waals surface area contributed by atoms with Gasteiger partial charge in [0.05, 0.1) is 10.8 Å². The molecule has 0 saturated carbocycles. The van der Waals surface area contributed by atoms with Crippen LogP contribution in [-0.2, 0) is 10.8 Å². The van der Waals surface area contributed by atoms with E-state index < -0.39 is 10.8 Å². The van der Waals surface area contributed by atoms with Gasteiger partial charge in [0.2, 0.25) is 0 Å². The van der Waals surface area contributed by atoms with Crippen molar-refractivity contribution in [3.8, 4) is 0 Å². The average Bonchev–Trinajstić information content (AvgIpc) is 2.61. The Kier molecular flexibility index (Phi) is 11.3. The predicted octanol–water partition coefficient (Wildman–Crippen LogP) is 5.53. The van der Waals surface area contributed by atoms with E-state index in [0.717, 1.165) is 23.5 Å². The van der Waals surface area contributed by atoms with Crippen LogP contribution in [0.3, 0.4) is 0 Å². The predicted molar refractivity (Wildman–Crippen MR) is 107 cm³/mol.